The van der Waals surface area contributed by atoms with E-state index in [-0.39, 0.29) is 25.5 Å². The minimum absolute atomic E-state index is 0.115. The molecule has 1 aromatic carbocycles. The van der Waals surface area contributed by atoms with E-state index in [1.54, 1.807) is 4.90 Å². The molecule has 3 rings (SSSR count). The summed E-state index contributed by atoms with van der Waals surface area (Å²) in [6.45, 7) is 1.28. The Morgan fingerprint density at radius 2 is 2.14 bits per heavy atom. The molecule has 1 saturated heterocycles. The number of hydrogen-bond acceptors (Lipinski definition) is 4. The molecule has 0 saturated carbocycles. The van der Waals surface area contributed by atoms with E-state index in [1.165, 1.54) is 0 Å². The number of aliphatic carboxylic acids is 1. The van der Waals surface area contributed by atoms with Crippen molar-refractivity contribution in [2.75, 3.05) is 26.4 Å². The summed E-state index contributed by atoms with van der Waals surface area (Å²) in [7, 11) is 0. The lowest BCUT2D eigenvalue weighted by molar-refractivity contribution is -0.144. The Kier molecular flexibility index (Phi) is 4.11. The van der Waals surface area contributed by atoms with Gasteiger partial charge in [0.2, 0.25) is 0 Å². The third-order valence-electron chi connectivity index (χ3n) is 3.81. The maximum absolute atomic E-state index is 12.7. The Morgan fingerprint density at radius 3 is 2.95 bits per heavy atom. The van der Waals surface area contributed by atoms with Crippen molar-refractivity contribution >= 4 is 18.0 Å². The van der Waals surface area contributed by atoms with Crippen molar-refractivity contribution in [2.24, 2.45) is 0 Å². The molecule has 1 fully saturated rings. The Bertz CT molecular complexity index is 625. The van der Waals surface area contributed by atoms with Gasteiger partial charge in [0.25, 0.3) is 5.91 Å². The second-order valence-corrected chi connectivity index (χ2v) is 5.32. The lowest BCUT2D eigenvalue weighted by atomic mass is 10.0. The van der Waals surface area contributed by atoms with Gasteiger partial charge in [-0.15, -0.1) is 0 Å². The summed E-state index contributed by atoms with van der Waals surface area (Å²) in [5, 5.41) is 8.97. The number of morpholine rings is 1. The fourth-order valence-corrected chi connectivity index (χ4v) is 2.72. The van der Waals surface area contributed by atoms with Crippen LogP contribution in [-0.2, 0) is 14.3 Å². The monoisotopic (exact) mass is 303 g/mol. The standard InChI is InChI=1S/C16H17NO5/c18-15(19)8-13-10-21-6-5-17(13)16(20)12-7-11-3-1-2-4-14(11)22-9-12/h1-4,7,13H,5-6,8-10H2,(H,18,19). The van der Waals surface area contributed by atoms with Crippen molar-refractivity contribution in [3.63, 3.8) is 0 Å². The van der Waals surface area contributed by atoms with Crippen LogP contribution in [0.3, 0.4) is 0 Å². The molecule has 6 nitrogen and oxygen atoms in total. The van der Waals surface area contributed by atoms with Crippen LogP contribution < -0.4 is 4.74 Å². The first kappa shape index (κ1) is 14.6. The third-order valence-corrected chi connectivity index (χ3v) is 3.81. The summed E-state index contributed by atoms with van der Waals surface area (Å²) in [5.41, 5.74) is 1.40. The molecule has 0 radical (unpaired) electrons. The molecule has 1 N–H and O–H groups in total. The molecule has 1 atom stereocenters. The van der Waals surface area contributed by atoms with Crippen LogP contribution in [0.2, 0.25) is 0 Å². The number of amides is 1. The second-order valence-electron chi connectivity index (χ2n) is 5.32. The van der Waals surface area contributed by atoms with Crippen molar-refractivity contribution < 1.29 is 24.2 Å². The molecule has 0 spiro atoms. The van der Waals surface area contributed by atoms with Crippen molar-refractivity contribution in [3.05, 3.63) is 35.4 Å². The molecular formula is C16H17NO5. The number of hydrogen-bond donors (Lipinski definition) is 1. The van der Waals surface area contributed by atoms with E-state index in [9.17, 15) is 9.59 Å². The van der Waals surface area contributed by atoms with Gasteiger partial charge in [-0.1, -0.05) is 18.2 Å². The summed E-state index contributed by atoms with van der Waals surface area (Å²) >= 11 is 0. The quantitative estimate of drug-likeness (QED) is 0.907. The SMILES string of the molecule is O=C(O)CC1COCCN1C(=O)C1=Cc2ccccc2OC1. The molecule has 0 aromatic heterocycles. The topological polar surface area (TPSA) is 76.1 Å². The third kappa shape index (κ3) is 2.96. The first-order valence-corrected chi connectivity index (χ1v) is 7.18. The number of fused-ring (bicyclic) bond motifs is 1. The number of para-hydroxylation sites is 1. The maximum Gasteiger partial charge on any atom is 0.305 e. The van der Waals surface area contributed by atoms with E-state index in [0.29, 0.717) is 18.7 Å². The normalized spacial score (nSPS) is 20.6. The zero-order valence-electron chi connectivity index (χ0n) is 12.0. The van der Waals surface area contributed by atoms with Crippen molar-refractivity contribution in [1.29, 1.82) is 0 Å². The van der Waals surface area contributed by atoms with Gasteiger partial charge in [-0.05, 0) is 12.1 Å². The number of carboxylic acids is 1. The van der Waals surface area contributed by atoms with Crippen LogP contribution in [-0.4, -0.2) is 54.3 Å². The highest BCUT2D eigenvalue weighted by Gasteiger charge is 2.31. The molecule has 2 aliphatic heterocycles. The first-order chi connectivity index (χ1) is 10.6. The zero-order valence-corrected chi connectivity index (χ0v) is 12.0. The van der Waals surface area contributed by atoms with Gasteiger partial charge < -0.3 is 19.5 Å². The van der Waals surface area contributed by atoms with Crippen LogP contribution >= 0.6 is 0 Å². The lowest BCUT2D eigenvalue weighted by Crippen LogP contribution is -2.50. The van der Waals surface area contributed by atoms with E-state index in [4.69, 9.17) is 14.6 Å². The number of rotatable bonds is 3. The van der Waals surface area contributed by atoms with Gasteiger partial charge in [0, 0.05) is 12.1 Å². The first-order valence-electron chi connectivity index (χ1n) is 7.18. The van der Waals surface area contributed by atoms with Gasteiger partial charge in [-0.2, -0.15) is 0 Å². The van der Waals surface area contributed by atoms with Gasteiger partial charge >= 0.3 is 5.97 Å². The van der Waals surface area contributed by atoms with E-state index in [2.05, 4.69) is 0 Å². The molecule has 0 bridgehead atoms. The van der Waals surface area contributed by atoms with E-state index >= 15 is 0 Å². The van der Waals surface area contributed by atoms with Crippen LogP contribution in [0.5, 0.6) is 5.75 Å². The van der Waals surface area contributed by atoms with Crippen molar-refractivity contribution in [3.8, 4) is 5.75 Å². The fraction of sp³-hybridized carbons (Fsp3) is 0.375. The highest BCUT2D eigenvalue weighted by atomic mass is 16.5. The molecule has 2 aliphatic rings. The second kappa shape index (κ2) is 6.19. The van der Waals surface area contributed by atoms with Gasteiger partial charge in [0.15, 0.2) is 0 Å². The predicted octanol–water partition coefficient (Wildman–Crippen LogP) is 1.16. The molecule has 1 unspecified atom stereocenters. The zero-order chi connectivity index (χ0) is 15.5. The highest BCUT2D eigenvalue weighted by molar-refractivity contribution is 5.99. The molecule has 22 heavy (non-hydrogen) atoms. The van der Waals surface area contributed by atoms with Gasteiger partial charge in [-0.25, -0.2) is 0 Å². The smallest absolute Gasteiger partial charge is 0.305 e. The lowest BCUT2D eigenvalue weighted by Gasteiger charge is -2.35. The average molecular weight is 303 g/mol. The van der Waals surface area contributed by atoms with Gasteiger partial charge in [-0.3, -0.25) is 9.59 Å². The number of nitrogens with zero attached hydrogens (tertiary/aromatic N) is 1. The van der Waals surface area contributed by atoms with Crippen LogP contribution in [0.4, 0.5) is 0 Å². The molecule has 1 amide bonds. The molecule has 0 aliphatic carbocycles. The maximum atomic E-state index is 12.7. The Labute approximate surface area is 127 Å². The molecule has 116 valence electrons. The van der Waals surface area contributed by atoms with Crippen LogP contribution in [0.15, 0.2) is 29.8 Å². The summed E-state index contributed by atoms with van der Waals surface area (Å²) in [5.74, 6) is -0.361. The van der Waals surface area contributed by atoms with E-state index in [1.807, 2.05) is 30.3 Å². The van der Waals surface area contributed by atoms with Gasteiger partial charge in [0.05, 0.1) is 31.2 Å². The van der Waals surface area contributed by atoms with Gasteiger partial charge in [0.1, 0.15) is 12.4 Å². The van der Waals surface area contributed by atoms with Crippen LogP contribution in [0.25, 0.3) is 6.08 Å². The Morgan fingerprint density at radius 1 is 1.32 bits per heavy atom. The fourth-order valence-electron chi connectivity index (χ4n) is 2.72. The largest absolute Gasteiger partial charge is 0.488 e. The number of benzene rings is 1. The molecular weight excluding hydrogens is 286 g/mol. The van der Waals surface area contributed by atoms with Crippen LogP contribution in [0.1, 0.15) is 12.0 Å². The Hall–Kier alpha value is -2.34. The number of carbonyl (C=O) groups is 2. The summed E-state index contributed by atoms with van der Waals surface area (Å²) in [6.07, 6.45) is 1.70. The van der Waals surface area contributed by atoms with Crippen molar-refractivity contribution in [2.45, 2.75) is 12.5 Å². The van der Waals surface area contributed by atoms with E-state index < -0.39 is 12.0 Å². The minimum Gasteiger partial charge on any atom is -0.488 e. The predicted molar refractivity (Wildman–Crippen MR) is 78.5 cm³/mol. The molecule has 2 heterocycles. The summed E-state index contributed by atoms with van der Waals surface area (Å²) in [4.78, 5) is 25.2. The number of ether oxygens (including phenoxy) is 2. The summed E-state index contributed by atoms with van der Waals surface area (Å²) < 4.78 is 10.9. The number of carboxylic acid groups (broad SMARTS) is 1. The molecule has 1 aromatic rings. The van der Waals surface area contributed by atoms with Crippen molar-refractivity contribution in [1.82, 2.24) is 4.90 Å². The average Bonchev–Trinajstić information content (AvgIpc) is 2.54. The summed E-state index contributed by atoms with van der Waals surface area (Å²) in [6, 6.07) is 7.07. The van der Waals surface area contributed by atoms with Crippen LogP contribution in [0, 0.1) is 0 Å². The highest BCUT2D eigenvalue weighted by Crippen LogP contribution is 2.27. The molecule has 6 heteroatoms. The Balaban J connectivity index is 1.81. The van der Waals surface area contributed by atoms with E-state index in [0.717, 1.165) is 11.3 Å². The minimum atomic E-state index is -0.937. The number of carbonyl (C=O) groups excluding carboxylic acids is 1.